The number of benzene rings is 2. The minimum atomic E-state index is -0.408. The summed E-state index contributed by atoms with van der Waals surface area (Å²) in [7, 11) is 1.47. The lowest BCUT2D eigenvalue weighted by atomic mass is 10.0. The van der Waals surface area contributed by atoms with Gasteiger partial charge in [0.1, 0.15) is 22.6 Å². The zero-order valence-electron chi connectivity index (χ0n) is 10.9. The van der Waals surface area contributed by atoms with E-state index >= 15 is 0 Å². The Morgan fingerprint density at radius 1 is 1.05 bits per heavy atom. The van der Waals surface area contributed by atoms with Gasteiger partial charge in [-0.1, -0.05) is 0 Å². The fraction of sp³-hybridized carbons (Fsp3) is 0.133. The predicted octanol–water partition coefficient (Wildman–Crippen LogP) is 2.67. The van der Waals surface area contributed by atoms with Crippen LogP contribution < -0.4 is 10.2 Å². The Balaban J connectivity index is 2.57. The molecule has 0 bridgehead atoms. The van der Waals surface area contributed by atoms with E-state index in [2.05, 4.69) is 0 Å². The van der Waals surface area contributed by atoms with Crippen LogP contribution in [0.1, 0.15) is 5.76 Å². The van der Waals surface area contributed by atoms with Crippen LogP contribution in [0.5, 0.6) is 17.4 Å². The van der Waals surface area contributed by atoms with E-state index in [4.69, 9.17) is 9.15 Å². The van der Waals surface area contributed by atoms with E-state index in [1.54, 1.807) is 25.1 Å². The molecule has 0 atom stereocenters. The highest BCUT2D eigenvalue weighted by Crippen LogP contribution is 2.38. The Kier molecular flexibility index (Phi) is 2.57. The first kappa shape index (κ1) is 12.3. The van der Waals surface area contributed by atoms with Crippen molar-refractivity contribution in [2.75, 3.05) is 7.11 Å². The molecule has 1 aromatic heterocycles. The topological polar surface area (TPSA) is 79.9 Å². The van der Waals surface area contributed by atoms with Crippen LogP contribution in [0, 0.1) is 6.92 Å². The smallest absolute Gasteiger partial charge is 0.293 e. The van der Waals surface area contributed by atoms with Crippen molar-refractivity contribution < 1.29 is 19.4 Å². The first-order chi connectivity index (χ1) is 9.51. The van der Waals surface area contributed by atoms with Gasteiger partial charge in [-0.25, -0.2) is 0 Å². The molecule has 3 aromatic rings. The molecule has 2 N–H and O–H groups in total. The van der Waals surface area contributed by atoms with E-state index in [9.17, 15) is 15.0 Å². The minimum Gasteiger partial charge on any atom is -0.506 e. The first-order valence-corrected chi connectivity index (χ1v) is 5.98. The van der Waals surface area contributed by atoms with Crippen molar-refractivity contribution in [3.63, 3.8) is 0 Å². The van der Waals surface area contributed by atoms with Gasteiger partial charge in [0.25, 0.3) is 5.95 Å². The Labute approximate surface area is 113 Å². The van der Waals surface area contributed by atoms with Crippen LogP contribution in [0.15, 0.2) is 33.5 Å². The molecule has 2 aromatic carbocycles. The summed E-state index contributed by atoms with van der Waals surface area (Å²) in [6, 6.07) is 6.33. The van der Waals surface area contributed by atoms with Crippen LogP contribution in [-0.2, 0) is 0 Å². The van der Waals surface area contributed by atoms with Gasteiger partial charge in [0.2, 0.25) is 0 Å². The van der Waals surface area contributed by atoms with Crippen LogP contribution in [0.3, 0.4) is 0 Å². The Bertz CT molecular complexity index is 892. The maximum absolute atomic E-state index is 12.0. The first-order valence-electron chi connectivity index (χ1n) is 5.98. The van der Waals surface area contributed by atoms with Gasteiger partial charge >= 0.3 is 0 Å². The summed E-state index contributed by atoms with van der Waals surface area (Å²) in [4.78, 5) is 12.0. The van der Waals surface area contributed by atoms with E-state index in [0.717, 1.165) is 0 Å². The molecule has 20 heavy (non-hydrogen) atoms. The standard InChI is InChI=1S/C15H12O5/c1-7-3-8-4-9-5-10(19-2)6-11(16)12(9)14(17)13(8)15(18)20-7/h3-6,17-18H,1-2H3. The molecule has 0 aliphatic heterocycles. The second kappa shape index (κ2) is 4.16. The third kappa shape index (κ3) is 1.67. The summed E-state index contributed by atoms with van der Waals surface area (Å²) in [5.74, 6) is 0.225. The number of ether oxygens (including phenoxy) is 1. The third-order valence-electron chi connectivity index (χ3n) is 3.25. The molecule has 0 aliphatic rings. The van der Waals surface area contributed by atoms with Crippen molar-refractivity contribution in [1.29, 1.82) is 0 Å². The number of fused-ring (bicyclic) bond motifs is 2. The van der Waals surface area contributed by atoms with Crippen molar-refractivity contribution >= 4 is 21.5 Å². The van der Waals surface area contributed by atoms with Crippen LogP contribution in [0.25, 0.3) is 21.5 Å². The summed E-state index contributed by atoms with van der Waals surface area (Å²) in [6.07, 6.45) is 0. The number of methoxy groups -OCH3 is 1. The summed E-state index contributed by atoms with van der Waals surface area (Å²) in [5, 5.41) is 21.5. The highest BCUT2D eigenvalue weighted by atomic mass is 16.5. The summed E-state index contributed by atoms with van der Waals surface area (Å²) < 4.78 is 10.1. The van der Waals surface area contributed by atoms with Gasteiger partial charge in [0.05, 0.1) is 12.5 Å². The lowest BCUT2D eigenvalue weighted by Gasteiger charge is -2.08. The quantitative estimate of drug-likeness (QED) is 0.666. The molecule has 5 heteroatoms. The number of phenolic OH excluding ortho intramolecular Hbond substituents is 1. The monoisotopic (exact) mass is 272 g/mol. The average Bonchev–Trinajstić information content (AvgIpc) is 2.36. The molecule has 0 saturated carbocycles. The SMILES string of the molecule is COc1cc(=O)c2c(O)c3c(O)oc(C)cc3cc2c1. The number of aromatic hydroxyl groups is 2. The largest absolute Gasteiger partial charge is 0.506 e. The molecule has 0 amide bonds. The van der Waals surface area contributed by atoms with Crippen LogP contribution in [0.4, 0.5) is 0 Å². The van der Waals surface area contributed by atoms with Gasteiger partial charge in [-0.15, -0.1) is 0 Å². The number of hydrogen-bond acceptors (Lipinski definition) is 5. The van der Waals surface area contributed by atoms with Gasteiger partial charge in [0, 0.05) is 6.07 Å². The lowest BCUT2D eigenvalue weighted by molar-refractivity contribution is 0.319. The fourth-order valence-corrected chi connectivity index (χ4v) is 2.39. The molecule has 0 fully saturated rings. The van der Waals surface area contributed by atoms with Crippen molar-refractivity contribution in [1.82, 2.24) is 0 Å². The Morgan fingerprint density at radius 2 is 1.75 bits per heavy atom. The zero-order chi connectivity index (χ0) is 14.4. The molecule has 102 valence electrons. The Morgan fingerprint density at radius 3 is 2.45 bits per heavy atom. The van der Waals surface area contributed by atoms with Crippen molar-refractivity contribution in [3.8, 4) is 17.4 Å². The summed E-state index contributed by atoms with van der Waals surface area (Å²) >= 11 is 0. The second-order valence-electron chi connectivity index (χ2n) is 4.58. The van der Waals surface area contributed by atoms with E-state index < -0.39 is 5.95 Å². The maximum atomic E-state index is 12.0. The molecular weight excluding hydrogens is 260 g/mol. The van der Waals surface area contributed by atoms with E-state index in [0.29, 0.717) is 22.3 Å². The average molecular weight is 272 g/mol. The van der Waals surface area contributed by atoms with Crippen LogP contribution in [0.2, 0.25) is 0 Å². The number of rotatable bonds is 1. The number of phenols is 1. The molecule has 1 heterocycles. The molecule has 0 radical (unpaired) electrons. The number of hydrogen-bond donors (Lipinski definition) is 2. The molecule has 0 aliphatic carbocycles. The lowest BCUT2D eigenvalue weighted by Crippen LogP contribution is -2.01. The third-order valence-corrected chi connectivity index (χ3v) is 3.25. The molecular formula is C15H12O5. The van der Waals surface area contributed by atoms with Gasteiger partial charge in [-0.2, -0.15) is 0 Å². The molecule has 5 nitrogen and oxygen atoms in total. The Hall–Kier alpha value is -2.69. The summed E-state index contributed by atoms with van der Waals surface area (Å²) in [5.41, 5.74) is -0.376. The molecule has 0 unspecified atom stereocenters. The van der Waals surface area contributed by atoms with Crippen LogP contribution >= 0.6 is 0 Å². The minimum absolute atomic E-state index is 0.130. The van der Waals surface area contributed by atoms with Crippen molar-refractivity contribution in [2.24, 2.45) is 0 Å². The fourth-order valence-electron chi connectivity index (χ4n) is 2.39. The zero-order valence-corrected chi connectivity index (χ0v) is 10.9. The highest BCUT2D eigenvalue weighted by Gasteiger charge is 2.15. The second-order valence-corrected chi connectivity index (χ2v) is 4.58. The van der Waals surface area contributed by atoms with Gasteiger partial charge in [-0.3, -0.25) is 4.79 Å². The van der Waals surface area contributed by atoms with Gasteiger partial charge in [-0.05, 0) is 35.9 Å². The van der Waals surface area contributed by atoms with E-state index in [1.807, 2.05) is 0 Å². The maximum Gasteiger partial charge on any atom is 0.293 e. The van der Waals surface area contributed by atoms with Crippen LogP contribution in [-0.4, -0.2) is 17.3 Å². The molecule has 0 spiro atoms. The van der Waals surface area contributed by atoms with E-state index in [1.165, 1.54) is 13.2 Å². The van der Waals surface area contributed by atoms with Crippen molar-refractivity contribution in [2.45, 2.75) is 6.92 Å². The number of aryl methyl sites for hydroxylation is 1. The van der Waals surface area contributed by atoms with Gasteiger partial charge < -0.3 is 19.4 Å². The highest BCUT2D eigenvalue weighted by molar-refractivity contribution is 6.06. The predicted molar refractivity (Wildman–Crippen MR) is 74.6 cm³/mol. The molecule has 0 saturated heterocycles. The van der Waals surface area contributed by atoms with Gasteiger partial charge in [0.15, 0.2) is 5.43 Å². The van der Waals surface area contributed by atoms with Crippen molar-refractivity contribution in [3.05, 3.63) is 40.2 Å². The molecule has 3 rings (SSSR count). The normalized spacial score (nSPS) is 11.1. The summed E-state index contributed by atoms with van der Waals surface area (Å²) in [6.45, 7) is 1.69. The van der Waals surface area contributed by atoms with E-state index in [-0.39, 0.29) is 22.0 Å².